The van der Waals surface area contributed by atoms with Crippen LogP contribution >= 0.6 is 24.0 Å². The minimum absolute atomic E-state index is 0. The summed E-state index contributed by atoms with van der Waals surface area (Å²) in [6.07, 6.45) is 1.88. The molecule has 146 valence electrons. The van der Waals surface area contributed by atoms with E-state index in [0.717, 1.165) is 38.1 Å². The van der Waals surface area contributed by atoms with Crippen molar-refractivity contribution >= 4 is 29.9 Å². The third-order valence-corrected chi connectivity index (χ3v) is 5.04. The predicted molar refractivity (Wildman–Crippen MR) is 118 cm³/mol. The van der Waals surface area contributed by atoms with E-state index < -0.39 is 0 Å². The second-order valence-corrected chi connectivity index (χ2v) is 7.66. The highest BCUT2D eigenvalue weighted by atomic mass is 127. The maximum absolute atomic E-state index is 5.81. The third kappa shape index (κ3) is 6.39. The number of benzene rings is 1. The van der Waals surface area contributed by atoms with Crippen molar-refractivity contribution in [1.29, 1.82) is 0 Å². The maximum atomic E-state index is 5.81. The van der Waals surface area contributed by atoms with Gasteiger partial charge in [0.15, 0.2) is 5.96 Å². The molecule has 1 saturated heterocycles. The molecule has 1 aromatic rings. The van der Waals surface area contributed by atoms with Crippen molar-refractivity contribution in [2.75, 3.05) is 20.1 Å². The van der Waals surface area contributed by atoms with Gasteiger partial charge in [0.2, 0.25) is 0 Å². The van der Waals surface area contributed by atoms with Crippen molar-refractivity contribution in [2.24, 2.45) is 10.9 Å². The summed E-state index contributed by atoms with van der Waals surface area (Å²) in [5, 5.41) is 6.86. The van der Waals surface area contributed by atoms with Crippen LogP contribution in [0, 0.1) is 5.92 Å². The van der Waals surface area contributed by atoms with Gasteiger partial charge in [0, 0.05) is 39.3 Å². The Kier molecular flexibility index (Phi) is 8.16. The molecule has 3 rings (SSSR count). The molecule has 2 fully saturated rings. The van der Waals surface area contributed by atoms with E-state index in [4.69, 9.17) is 4.74 Å². The number of nitrogens with zero attached hydrogens (tertiary/aromatic N) is 2. The molecular formula is C20H33IN4O. The number of guanidine groups is 1. The molecular weight excluding hydrogens is 439 g/mol. The molecule has 2 N–H and O–H groups in total. The van der Waals surface area contributed by atoms with Crippen LogP contribution < -0.4 is 10.6 Å². The number of aliphatic imine (C=N–C) groups is 1. The fraction of sp³-hybridized carbons (Fsp3) is 0.650. The Morgan fingerprint density at radius 2 is 1.69 bits per heavy atom. The molecule has 0 radical (unpaired) electrons. The lowest BCUT2D eigenvalue weighted by Crippen LogP contribution is -2.44. The first-order chi connectivity index (χ1) is 12.0. The average Bonchev–Trinajstić information content (AvgIpc) is 3.26. The van der Waals surface area contributed by atoms with Crippen LogP contribution in [0.25, 0.3) is 0 Å². The first-order valence-electron chi connectivity index (χ1n) is 9.46. The lowest BCUT2D eigenvalue weighted by atomic mass is 10.1. The molecule has 1 heterocycles. The Balaban J connectivity index is 0.00000243. The zero-order chi connectivity index (χ0) is 17.8. The zero-order valence-electron chi connectivity index (χ0n) is 16.4. The number of hydrogen-bond acceptors (Lipinski definition) is 3. The zero-order valence-corrected chi connectivity index (χ0v) is 18.7. The Morgan fingerprint density at radius 3 is 2.23 bits per heavy atom. The first kappa shape index (κ1) is 21.4. The molecule has 4 atom stereocenters. The highest BCUT2D eigenvalue weighted by Gasteiger charge is 2.33. The molecule has 1 aromatic carbocycles. The summed E-state index contributed by atoms with van der Waals surface area (Å²) in [7, 11) is 1.83. The fourth-order valence-corrected chi connectivity index (χ4v) is 3.51. The number of rotatable bonds is 5. The molecule has 1 aliphatic heterocycles. The molecule has 0 aromatic heterocycles. The summed E-state index contributed by atoms with van der Waals surface area (Å²) in [5.74, 6) is 1.66. The number of hydrogen-bond donors (Lipinski definition) is 2. The van der Waals surface area contributed by atoms with E-state index in [1.807, 2.05) is 7.05 Å². The van der Waals surface area contributed by atoms with Gasteiger partial charge in [-0.25, -0.2) is 0 Å². The summed E-state index contributed by atoms with van der Waals surface area (Å²) < 4.78 is 5.81. The fourth-order valence-electron chi connectivity index (χ4n) is 3.51. The standard InChI is InChI=1S/C20H32N4O.HI/c1-14-9-19(14)23-20(21-4)22-10-17-5-7-18(8-6-17)13-24-11-15(2)25-16(3)12-24;/h5-8,14-16,19H,9-13H2,1-4H3,(H2,21,22,23);1H. The third-order valence-electron chi connectivity index (χ3n) is 5.04. The lowest BCUT2D eigenvalue weighted by Gasteiger charge is -2.35. The molecule has 4 unspecified atom stereocenters. The highest BCUT2D eigenvalue weighted by molar-refractivity contribution is 14.0. The van der Waals surface area contributed by atoms with Gasteiger partial charge in [-0.2, -0.15) is 0 Å². The maximum Gasteiger partial charge on any atom is 0.191 e. The molecule has 0 bridgehead atoms. The van der Waals surface area contributed by atoms with Crippen molar-refractivity contribution in [3.63, 3.8) is 0 Å². The SMILES string of the molecule is CN=C(NCc1ccc(CN2CC(C)OC(C)C2)cc1)NC1CC1C.I. The van der Waals surface area contributed by atoms with Gasteiger partial charge in [-0.3, -0.25) is 9.89 Å². The molecule has 0 spiro atoms. The van der Waals surface area contributed by atoms with Gasteiger partial charge >= 0.3 is 0 Å². The predicted octanol–water partition coefficient (Wildman–Crippen LogP) is 2.99. The van der Waals surface area contributed by atoms with Gasteiger partial charge in [0.05, 0.1) is 12.2 Å². The van der Waals surface area contributed by atoms with E-state index in [9.17, 15) is 0 Å². The molecule has 5 nitrogen and oxygen atoms in total. The second-order valence-electron chi connectivity index (χ2n) is 7.66. The van der Waals surface area contributed by atoms with Gasteiger partial charge in [-0.15, -0.1) is 24.0 Å². The lowest BCUT2D eigenvalue weighted by molar-refractivity contribution is -0.0704. The van der Waals surface area contributed by atoms with Crippen LogP contribution in [0.5, 0.6) is 0 Å². The summed E-state index contributed by atoms with van der Waals surface area (Å²) >= 11 is 0. The van der Waals surface area contributed by atoms with Gasteiger partial charge in [-0.1, -0.05) is 31.2 Å². The summed E-state index contributed by atoms with van der Waals surface area (Å²) in [6.45, 7) is 10.4. The minimum Gasteiger partial charge on any atom is -0.373 e. The van der Waals surface area contributed by atoms with E-state index in [1.54, 1.807) is 0 Å². The van der Waals surface area contributed by atoms with E-state index in [0.29, 0.717) is 18.2 Å². The quantitative estimate of drug-likeness (QED) is 0.393. The number of ether oxygens (including phenoxy) is 1. The van der Waals surface area contributed by atoms with Gasteiger partial charge in [-0.05, 0) is 37.3 Å². The Labute approximate surface area is 175 Å². The highest BCUT2D eigenvalue weighted by Crippen LogP contribution is 2.28. The van der Waals surface area contributed by atoms with Gasteiger partial charge in [0.1, 0.15) is 0 Å². The van der Waals surface area contributed by atoms with E-state index >= 15 is 0 Å². The second kappa shape index (κ2) is 9.90. The first-order valence-corrected chi connectivity index (χ1v) is 9.46. The largest absolute Gasteiger partial charge is 0.373 e. The summed E-state index contributed by atoms with van der Waals surface area (Å²) in [5.41, 5.74) is 2.64. The molecule has 0 amide bonds. The van der Waals surface area contributed by atoms with E-state index in [2.05, 4.69) is 65.6 Å². The average molecular weight is 472 g/mol. The van der Waals surface area contributed by atoms with Crippen LogP contribution in [0.3, 0.4) is 0 Å². The van der Waals surface area contributed by atoms with Crippen LogP contribution in [0.2, 0.25) is 0 Å². The van der Waals surface area contributed by atoms with Crippen molar-refractivity contribution in [1.82, 2.24) is 15.5 Å². The topological polar surface area (TPSA) is 48.9 Å². The van der Waals surface area contributed by atoms with Gasteiger partial charge in [0.25, 0.3) is 0 Å². The van der Waals surface area contributed by atoms with Gasteiger partial charge < -0.3 is 15.4 Å². The monoisotopic (exact) mass is 472 g/mol. The molecule has 26 heavy (non-hydrogen) atoms. The van der Waals surface area contributed by atoms with Crippen LogP contribution in [0.4, 0.5) is 0 Å². The van der Waals surface area contributed by atoms with Crippen LogP contribution in [-0.4, -0.2) is 49.2 Å². The van der Waals surface area contributed by atoms with Crippen molar-refractivity contribution in [3.05, 3.63) is 35.4 Å². The van der Waals surface area contributed by atoms with Crippen LogP contribution in [-0.2, 0) is 17.8 Å². The van der Waals surface area contributed by atoms with Crippen molar-refractivity contribution < 1.29 is 4.74 Å². The summed E-state index contributed by atoms with van der Waals surface area (Å²) in [4.78, 5) is 6.78. The Morgan fingerprint density at radius 1 is 1.12 bits per heavy atom. The minimum atomic E-state index is 0. The summed E-state index contributed by atoms with van der Waals surface area (Å²) in [6, 6.07) is 9.49. The number of morpholine rings is 1. The molecule has 2 aliphatic rings. The number of nitrogens with one attached hydrogen (secondary N) is 2. The van der Waals surface area contributed by atoms with Crippen molar-refractivity contribution in [3.8, 4) is 0 Å². The smallest absolute Gasteiger partial charge is 0.191 e. The molecule has 6 heteroatoms. The van der Waals surface area contributed by atoms with Crippen LogP contribution in [0.15, 0.2) is 29.3 Å². The van der Waals surface area contributed by atoms with E-state index in [1.165, 1.54) is 17.5 Å². The van der Waals surface area contributed by atoms with Crippen LogP contribution in [0.1, 0.15) is 38.3 Å². The molecule has 1 saturated carbocycles. The Bertz CT molecular complexity index is 582. The van der Waals surface area contributed by atoms with Crippen molar-refractivity contribution in [2.45, 2.75) is 58.5 Å². The number of halogens is 1. The normalized spacial score (nSPS) is 29.0. The van der Waals surface area contributed by atoms with E-state index in [-0.39, 0.29) is 24.0 Å². The molecule has 1 aliphatic carbocycles. The Hall–Kier alpha value is -0.860.